The molecule has 7 heteroatoms. The van der Waals surface area contributed by atoms with Gasteiger partial charge in [0.15, 0.2) is 11.5 Å². The average Bonchev–Trinajstić information content (AvgIpc) is 2.81. The Balaban J connectivity index is 2.01. The van der Waals surface area contributed by atoms with Crippen LogP contribution in [-0.2, 0) is 0 Å². The average molecular weight is 397 g/mol. The second-order valence-corrected chi connectivity index (χ2v) is 7.36. The largest absolute Gasteiger partial charge is 0.493 e. The third-order valence-electron chi connectivity index (χ3n) is 3.95. The number of aryl methyl sites for hydroxylation is 1. The highest BCUT2D eigenvalue weighted by Gasteiger charge is 2.29. The first-order chi connectivity index (χ1) is 11.0. The van der Waals surface area contributed by atoms with E-state index in [0.717, 1.165) is 31.0 Å². The zero-order chi connectivity index (χ0) is 16.7. The Hall–Kier alpha value is -1.73. The highest BCUT2D eigenvalue weighted by Crippen LogP contribution is 2.41. The molecule has 5 nitrogen and oxygen atoms in total. The molecule has 0 saturated heterocycles. The predicted molar refractivity (Wildman–Crippen MR) is 94.9 cm³/mol. The molecule has 0 spiro atoms. The molecule has 0 saturated carbocycles. The first-order valence-corrected chi connectivity index (χ1v) is 8.66. The minimum absolute atomic E-state index is 0.0588. The molecule has 0 radical (unpaired) electrons. The fourth-order valence-corrected chi connectivity index (χ4v) is 4.35. The van der Waals surface area contributed by atoms with E-state index in [1.807, 2.05) is 26.0 Å². The van der Waals surface area contributed by atoms with Gasteiger partial charge in [-0.1, -0.05) is 0 Å². The number of nitrogens with one attached hydrogen (secondary N) is 2. The Bertz CT molecular complexity index is 788. The van der Waals surface area contributed by atoms with E-state index >= 15 is 0 Å². The fraction of sp³-hybridized carbons (Fsp3) is 0.312. The summed E-state index contributed by atoms with van der Waals surface area (Å²) in [5.74, 6) is 1.18. The number of hydrogen-bond donors (Lipinski definition) is 2. The standard InChI is InChI=1S/C16H17BrN2O3S/c1-7-8(2)23-16-12(7)15(20)18-14(19-16)9-5-10(17)13(22-4)11(6-9)21-3/h5-6,14,19H,1-4H3,(H,18,20). The van der Waals surface area contributed by atoms with E-state index in [1.165, 1.54) is 0 Å². The third kappa shape index (κ3) is 2.68. The van der Waals surface area contributed by atoms with Crippen molar-refractivity contribution >= 4 is 38.2 Å². The lowest BCUT2D eigenvalue weighted by Gasteiger charge is -2.27. The van der Waals surface area contributed by atoms with E-state index in [1.54, 1.807) is 25.6 Å². The molecule has 0 fully saturated rings. The number of hydrogen-bond acceptors (Lipinski definition) is 5. The van der Waals surface area contributed by atoms with Crippen molar-refractivity contribution < 1.29 is 14.3 Å². The Morgan fingerprint density at radius 3 is 2.57 bits per heavy atom. The first kappa shape index (κ1) is 16.1. The summed E-state index contributed by atoms with van der Waals surface area (Å²) in [6.45, 7) is 3.99. The molecule has 1 unspecified atom stereocenters. The summed E-state index contributed by atoms with van der Waals surface area (Å²) >= 11 is 5.09. The summed E-state index contributed by atoms with van der Waals surface area (Å²) in [4.78, 5) is 13.6. The maximum Gasteiger partial charge on any atom is 0.256 e. The number of anilines is 1. The van der Waals surface area contributed by atoms with Crippen LogP contribution >= 0.6 is 27.3 Å². The van der Waals surface area contributed by atoms with Crippen molar-refractivity contribution in [2.45, 2.75) is 20.0 Å². The lowest BCUT2D eigenvalue weighted by atomic mass is 10.1. The van der Waals surface area contributed by atoms with Crippen molar-refractivity contribution in [3.63, 3.8) is 0 Å². The first-order valence-electron chi connectivity index (χ1n) is 7.05. The molecule has 1 aromatic carbocycles. The number of carbonyl (C=O) groups is 1. The lowest BCUT2D eigenvalue weighted by molar-refractivity contribution is 0.0935. The number of ether oxygens (including phenoxy) is 2. The highest BCUT2D eigenvalue weighted by atomic mass is 79.9. The summed E-state index contributed by atoms with van der Waals surface area (Å²) in [5, 5.41) is 7.29. The van der Waals surface area contributed by atoms with Crippen molar-refractivity contribution in [1.29, 1.82) is 0 Å². The van der Waals surface area contributed by atoms with Gasteiger partial charge in [-0.05, 0) is 53.0 Å². The molecular weight excluding hydrogens is 380 g/mol. The molecule has 0 bridgehead atoms. The minimum atomic E-state index is -0.316. The quantitative estimate of drug-likeness (QED) is 0.822. The minimum Gasteiger partial charge on any atom is -0.493 e. The van der Waals surface area contributed by atoms with E-state index in [9.17, 15) is 4.79 Å². The molecule has 2 N–H and O–H groups in total. The summed E-state index contributed by atoms with van der Waals surface area (Å²) in [5.41, 5.74) is 2.66. The molecule has 1 aliphatic heterocycles. The van der Waals surface area contributed by atoms with Crippen molar-refractivity contribution in [3.8, 4) is 11.5 Å². The van der Waals surface area contributed by atoms with Crippen LogP contribution in [0.3, 0.4) is 0 Å². The number of rotatable bonds is 3. The summed E-state index contributed by atoms with van der Waals surface area (Å²) < 4.78 is 11.5. The van der Waals surface area contributed by atoms with Gasteiger partial charge in [-0.2, -0.15) is 0 Å². The van der Waals surface area contributed by atoms with Crippen molar-refractivity contribution in [2.75, 3.05) is 19.5 Å². The Kier molecular flexibility index (Phi) is 4.25. The van der Waals surface area contributed by atoms with Crippen LogP contribution in [0.5, 0.6) is 11.5 Å². The van der Waals surface area contributed by atoms with Crippen LogP contribution in [0.4, 0.5) is 5.00 Å². The SMILES string of the molecule is COc1cc(C2NC(=O)c3c(sc(C)c3C)N2)cc(Br)c1OC. The topological polar surface area (TPSA) is 59.6 Å². The van der Waals surface area contributed by atoms with Crippen LogP contribution in [0.1, 0.15) is 32.5 Å². The normalized spacial score (nSPS) is 16.4. The number of thiophene rings is 1. The fourth-order valence-electron chi connectivity index (χ4n) is 2.64. The van der Waals surface area contributed by atoms with Gasteiger partial charge in [-0.25, -0.2) is 0 Å². The number of benzene rings is 1. The van der Waals surface area contributed by atoms with Gasteiger partial charge in [0.1, 0.15) is 11.2 Å². The number of halogens is 1. The highest BCUT2D eigenvalue weighted by molar-refractivity contribution is 9.10. The number of carbonyl (C=O) groups excluding carboxylic acids is 1. The molecule has 23 heavy (non-hydrogen) atoms. The number of fused-ring (bicyclic) bond motifs is 1. The molecular formula is C16H17BrN2O3S. The van der Waals surface area contributed by atoms with Gasteiger partial charge in [0.05, 0.1) is 24.3 Å². The van der Waals surface area contributed by atoms with Gasteiger partial charge in [0, 0.05) is 4.88 Å². The van der Waals surface area contributed by atoms with E-state index in [0.29, 0.717) is 11.5 Å². The monoisotopic (exact) mass is 396 g/mol. The van der Waals surface area contributed by atoms with Crippen LogP contribution in [-0.4, -0.2) is 20.1 Å². The Morgan fingerprint density at radius 1 is 1.17 bits per heavy atom. The predicted octanol–water partition coefficient (Wildman–Crippen LogP) is 4.00. The van der Waals surface area contributed by atoms with E-state index in [4.69, 9.17) is 9.47 Å². The van der Waals surface area contributed by atoms with Crippen molar-refractivity contribution in [3.05, 3.63) is 38.2 Å². The second kappa shape index (κ2) is 6.05. The lowest BCUT2D eigenvalue weighted by Crippen LogP contribution is -2.38. The second-order valence-electron chi connectivity index (χ2n) is 5.28. The van der Waals surface area contributed by atoms with Crippen LogP contribution in [0.25, 0.3) is 0 Å². The molecule has 122 valence electrons. The molecule has 1 aliphatic rings. The van der Waals surface area contributed by atoms with Gasteiger partial charge in [0.2, 0.25) is 0 Å². The van der Waals surface area contributed by atoms with Gasteiger partial charge in [-0.3, -0.25) is 4.79 Å². The van der Waals surface area contributed by atoms with E-state index in [2.05, 4.69) is 26.6 Å². The van der Waals surface area contributed by atoms with Crippen LogP contribution in [0, 0.1) is 13.8 Å². The molecule has 1 aromatic heterocycles. The Labute approximate surface area is 147 Å². The zero-order valence-corrected chi connectivity index (χ0v) is 15.6. The van der Waals surface area contributed by atoms with E-state index in [-0.39, 0.29) is 12.1 Å². The smallest absolute Gasteiger partial charge is 0.256 e. The third-order valence-corrected chi connectivity index (χ3v) is 5.68. The van der Waals surface area contributed by atoms with Crippen LogP contribution < -0.4 is 20.1 Å². The number of amides is 1. The van der Waals surface area contributed by atoms with Gasteiger partial charge >= 0.3 is 0 Å². The Morgan fingerprint density at radius 2 is 1.91 bits per heavy atom. The van der Waals surface area contributed by atoms with Crippen LogP contribution in [0.15, 0.2) is 16.6 Å². The zero-order valence-electron chi connectivity index (χ0n) is 13.2. The van der Waals surface area contributed by atoms with Crippen LogP contribution in [0.2, 0.25) is 0 Å². The molecule has 1 atom stereocenters. The summed E-state index contributed by atoms with van der Waals surface area (Å²) in [7, 11) is 3.18. The van der Waals surface area contributed by atoms with Crippen molar-refractivity contribution in [2.24, 2.45) is 0 Å². The van der Waals surface area contributed by atoms with Gasteiger partial charge in [-0.15, -0.1) is 11.3 Å². The molecule has 3 rings (SSSR count). The molecule has 1 amide bonds. The molecule has 2 aromatic rings. The molecule has 2 heterocycles. The number of methoxy groups -OCH3 is 2. The summed E-state index contributed by atoms with van der Waals surface area (Å²) in [6, 6.07) is 3.78. The maximum absolute atomic E-state index is 12.5. The summed E-state index contributed by atoms with van der Waals surface area (Å²) in [6.07, 6.45) is -0.316. The maximum atomic E-state index is 12.5. The van der Waals surface area contributed by atoms with Gasteiger partial charge in [0.25, 0.3) is 5.91 Å². The van der Waals surface area contributed by atoms with Gasteiger partial charge < -0.3 is 20.1 Å². The van der Waals surface area contributed by atoms with Crippen molar-refractivity contribution in [1.82, 2.24) is 5.32 Å². The molecule has 0 aliphatic carbocycles. The van der Waals surface area contributed by atoms with E-state index < -0.39 is 0 Å².